The van der Waals surface area contributed by atoms with E-state index in [1.165, 1.54) is 16.9 Å². The molecule has 1 aromatic heterocycles. The molecule has 2 amide bonds. The summed E-state index contributed by atoms with van der Waals surface area (Å²) in [6.07, 6.45) is 2.80. The van der Waals surface area contributed by atoms with Gasteiger partial charge in [0.15, 0.2) is 0 Å². The third kappa shape index (κ3) is 5.78. The van der Waals surface area contributed by atoms with Gasteiger partial charge in [-0.2, -0.15) is 0 Å². The molecule has 3 fully saturated rings. The predicted octanol–water partition coefficient (Wildman–Crippen LogP) is 5.55. The van der Waals surface area contributed by atoms with Crippen LogP contribution in [-0.2, 0) is 11.3 Å². The van der Waals surface area contributed by atoms with Crippen molar-refractivity contribution in [3.05, 3.63) is 88.1 Å². The van der Waals surface area contributed by atoms with Gasteiger partial charge in [0.25, 0.3) is 5.91 Å². The SMILES string of the molecule is COc1ccc(CN2CCC3(CCN(C[C@H]4CN(C(=O)c5cccs5)C[C@@H]4c4ccccc4)CC3)C2=O)cc1.Cl. The van der Waals surface area contributed by atoms with Crippen LogP contribution in [0.1, 0.15) is 46.0 Å². The Bertz CT molecular complexity index is 1280. The van der Waals surface area contributed by atoms with Gasteiger partial charge < -0.3 is 19.4 Å². The lowest BCUT2D eigenvalue weighted by atomic mass is 9.76. The number of nitrogens with zero attached hydrogens (tertiary/aromatic N) is 3. The fourth-order valence-electron chi connectivity index (χ4n) is 6.81. The highest BCUT2D eigenvalue weighted by atomic mass is 35.5. The maximum absolute atomic E-state index is 13.6. The van der Waals surface area contributed by atoms with Crippen LogP contribution in [0.5, 0.6) is 5.75 Å². The van der Waals surface area contributed by atoms with Crippen molar-refractivity contribution in [2.75, 3.05) is 46.4 Å². The van der Waals surface area contributed by atoms with Crippen molar-refractivity contribution >= 4 is 35.6 Å². The summed E-state index contributed by atoms with van der Waals surface area (Å²) >= 11 is 1.52. The average molecular weight is 580 g/mol. The molecule has 2 aromatic carbocycles. The number of hydrogen-bond donors (Lipinski definition) is 0. The molecule has 6 nitrogen and oxygen atoms in total. The van der Waals surface area contributed by atoms with Crippen LogP contribution in [0.3, 0.4) is 0 Å². The molecule has 40 heavy (non-hydrogen) atoms. The summed E-state index contributed by atoms with van der Waals surface area (Å²) in [4.78, 5) is 34.2. The van der Waals surface area contributed by atoms with Gasteiger partial charge in [-0.1, -0.05) is 48.5 Å². The van der Waals surface area contributed by atoms with Crippen LogP contribution in [0.4, 0.5) is 0 Å². The molecule has 3 aliphatic rings. The minimum Gasteiger partial charge on any atom is -0.497 e. The number of benzene rings is 2. The molecule has 1 spiro atoms. The highest BCUT2D eigenvalue weighted by Crippen LogP contribution is 2.43. The largest absolute Gasteiger partial charge is 0.497 e. The van der Waals surface area contributed by atoms with E-state index in [-0.39, 0.29) is 23.7 Å². The first kappa shape index (κ1) is 28.7. The second-order valence-corrected chi connectivity index (χ2v) is 12.3. The Hall–Kier alpha value is -2.87. The van der Waals surface area contributed by atoms with Crippen LogP contribution in [0.2, 0.25) is 0 Å². The molecule has 0 saturated carbocycles. The number of rotatable bonds is 7. The molecule has 4 heterocycles. The van der Waals surface area contributed by atoms with Gasteiger partial charge in [-0.05, 0) is 73.0 Å². The Morgan fingerprint density at radius 2 is 1.68 bits per heavy atom. The summed E-state index contributed by atoms with van der Waals surface area (Å²) in [6, 6.07) is 22.6. The highest BCUT2D eigenvalue weighted by molar-refractivity contribution is 7.12. The highest BCUT2D eigenvalue weighted by Gasteiger charge is 2.48. The fourth-order valence-corrected chi connectivity index (χ4v) is 7.50. The first-order valence-corrected chi connectivity index (χ1v) is 14.9. The van der Waals surface area contributed by atoms with Crippen molar-refractivity contribution in [3.63, 3.8) is 0 Å². The minimum atomic E-state index is -0.210. The predicted molar refractivity (Wildman–Crippen MR) is 161 cm³/mol. The Morgan fingerprint density at radius 1 is 0.950 bits per heavy atom. The van der Waals surface area contributed by atoms with Gasteiger partial charge in [0.1, 0.15) is 5.75 Å². The lowest BCUT2D eigenvalue weighted by Crippen LogP contribution is -2.46. The van der Waals surface area contributed by atoms with Crippen LogP contribution in [0, 0.1) is 11.3 Å². The van der Waals surface area contributed by atoms with Crippen molar-refractivity contribution in [2.45, 2.75) is 31.7 Å². The van der Waals surface area contributed by atoms with Crippen molar-refractivity contribution < 1.29 is 14.3 Å². The van der Waals surface area contributed by atoms with E-state index in [9.17, 15) is 9.59 Å². The second-order valence-electron chi connectivity index (χ2n) is 11.4. The molecular weight excluding hydrogens is 542 g/mol. The van der Waals surface area contributed by atoms with E-state index in [0.717, 1.165) is 74.7 Å². The monoisotopic (exact) mass is 579 g/mol. The normalized spacial score (nSPS) is 22.5. The molecule has 3 saturated heterocycles. The zero-order valence-corrected chi connectivity index (χ0v) is 24.7. The van der Waals surface area contributed by atoms with Crippen molar-refractivity contribution in [1.82, 2.24) is 14.7 Å². The van der Waals surface area contributed by atoms with Crippen LogP contribution < -0.4 is 4.74 Å². The van der Waals surface area contributed by atoms with Crippen LogP contribution in [0.25, 0.3) is 0 Å². The topological polar surface area (TPSA) is 53.1 Å². The third-order valence-corrected chi connectivity index (χ3v) is 9.99. The smallest absolute Gasteiger partial charge is 0.263 e. The van der Waals surface area contributed by atoms with E-state index in [1.54, 1.807) is 7.11 Å². The van der Waals surface area contributed by atoms with Gasteiger partial charge in [0.05, 0.1) is 17.4 Å². The molecule has 0 N–H and O–H groups in total. The Morgan fingerprint density at radius 3 is 2.35 bits per heavy atom. The zero-order chi connectivity index (χ0) is 26.8. The molecule has 8 heteroatoms. The van der Waals surface area contributed by atoms with E-state index in [4.69, 9.17) is 4.74 Å². The first-order valence-electron chi connectivity index (χ1n) is 14.1. The third-order valence-electron chi connectivity index (χ3n) is 9.13. The van der Waals surface area contributed by atoms with E-state index in [1.807, 2.05) is 34.5 Å². The number of methoxy groups -OCH3 is 1. The average Bonchev–Trinajstić information content (AvgIpc) is 3.73. The van der Waals surface area contributed by atoms with Crippen LogP contribution in [0.15, 0.2) is 72.1 Å². The first-order chi connectivity index (χ1) is 19.0. The quantitative estimate of drug-likeness (QED) is 0.368. The number of piperidine rings is 1. The molecule has 0 radical (unpaired) electrons. The molecule has 0 aliphatic carbocycles. The molecular formula is C32H38ClN3O3S. The Labute approximate surface area is 247 Å². The molecule has 2 atom stereocenters. The number of carbonyl (C=O) groups is 2. The van der Waals surface area contributed by atoms with Crippen LogP contribution in [-0.4, -0.2) is 72.9 Å². The lowest BCUT2D eigenvalue weighted by Gasteiger charge is -2.39. The maximum atomic E-state index is 13.6. The van der Waals surface area contributed by atoms with Gasteiger partial charge >= 0.3 is 0 Å². The lowest BCUT2D eigenvalue weighted by molar-refractivity contribution is -0.139. The van der Waals surface area contributed by atoms with Crippen LogP contribution >= 0.6 is 23.7 Å². The summed E-state index contributed by atoms with van der Waals surface area (Å²) < 4.78 is 5.27. The molecule has 0 bridgehead atoms. The summed E-state index contributed by atoms with van der Waals surface area (Å²) in [7, 11) is 1.67. The molecule has 3 aliphatic heterocycles. The van der Waals surface area contributed by atoms with Gasteiger partial charge in [0.2, 0.25) is 5.91 Å². The summed E-state index contributed by atoms with van der Waals surface area (Å²) in [5.74, 6) is 2.04. The molecule has 3 aromatic rings. The summed E-state index contributed by atoms with van der Waals surface area (Å²) in [5.41, 5.74) is 2.25. The Kier molecular flexibility index (Phi) is 8.83. The van der Waals surface area contributed by atoms with Gasteiger partial charge in [-0.25, -0.2) is 0 Å². The van der Waals surface area contributed by atoms with Crippen molar-refractivity contribution in [1.29, 1.82) is 0 Å². The number of amides is 2. The molecule has 0 unspecified atom stereocenters. The van der Waals surface area contributed by atoms with Gasteiger partial charge in [0, 0.05) is 38.6 Å². The van der Waals surface area contributed by atoms with Crippen molar-refractivity contribution in [2.24, 2.45) is 11.3 Å². The number of halogens is 1. The number of carbonyl (C=O) groups excluding carboxylic acids is 2. The number of ether oxygens (including phenoxy) is 1. The van der Waals surface area contributed by atoms with E-state index >= 15 is 0 Å². The number of likely N-dealkylation sites (tertiary alicyclic amines) is 3. The number of hydrogen-bond acceptors (Lipinski definition) is 5. The van der Waals surface area contributed by atoms with Gasteiger partial charge in [-0.15, -0.1) is 23.7 Å². The Balaban J connectivity index is 0.00000323. The fraction of sp³-hybridized carbons (Fsp3) is 0.438. The standard InChI is InChI=1S/C32H37N3O3S.ClH/c1-38-27-11-9-24(10-12-27)20-34-18-15-32(31(34)37)13-16-33(17-14-32)21-26-22-35(30(36)29-8-5-19-39-29)23-28(26)25-6-3-2-4-7-25;/h2-12,19,26,28H,13-18,20-23H2,1H3;1H/t26-,28+;/m0./s1. The van der Waals surface area contributed by atoms with Crippen molar-refractivity contribution in [3.8, 4) is 5.75 Å². The molecule has 212 valence electrons. The van der Waals surface area contributed by atoms with Gasteiger partial charge in [-0.3, -0.25) is 9.59 Å². The van der Waals surface area contributed by atoms with E-state index in [2.05, 4.69) is 52.3 Å². The van der Waals surface area contributed by atoms with E-state index < -0.39 is 0 Å². The molecule has 6 rings (SSSR count). The zero-order valence-electron chi connectivity index (χ0n) is 23.0. The minimum absolute atomic E-state index is 0. The summed E-state index contributed by atoms with van der Waals surface area (Å²) in [6.45, 7) is 5.91. The number of thiophene rings is 1. The summed E-state index contributed by atoms with van der Waals surface area (Å²) in [5, 5.41) is 1.97. The second kappa shape index (κ2) is 12.3. The maximum Gasteiger partial charge on any atom is 0.263 e. The van der Waals surface area contributed by atoms with E-state index in [0.29, 0.717) is 24.3 Å².